The van der Waals surface area contributed by atoms with E-state index in [1.165, 1.54) is 7.11 Å². The van der Waals surface area contributed by atoms with Crippen LogP contribution >= 0.6 is 102 Å². The Morgan fingerprint density at radius 1 is 0.725 bits per heavy atom. The zero-order chi connectivity index (χ0) is 37.7. The molecule has 51 heavy (non-hydrogen) atoms. The van der Waals surface area contributed by atoms with Gasteiger partial charge in [-0.25, -0.2) is 0 Å². The molecule has 9 nitrogen and oxygen atoms in total. The number of carbonyl (C=O) groups is 3. The molecule has 0 bridgehead atoms. The summed E-state index contributed by atoms with van der Waals surface area (Å²) in [5.74, 6) is 1.27. The van der Waals surface area contributed by atoms with Crippen molar-refractivity contribution in [2.24, 2.45) is 0 Å². The minimum atomic E-state index is -0.459. The summed E-state index contributed by atoms with van der Waals surface area (Å²) in [7, 11) is 1.32. The maximum Gasteiger partial charge on any atom is 0.313 e. The molecule has 1 heterocycles. The van der Waals surface area contributed by atoms with Gasteiger partial charge in [-0.05, 0) is 158 Å². The lowest BCUT2D eigenvalue weighted by Gasteiger charge is -2.19. The molecule has 0 radical (unpaired) electrons. The van der Waals surface area contributed by atoms with Gasteiger partial charge >= 0.3 is 5.97 Å². The fourth-order valence-electron chi connectivity index (χ4n) is 5.09. The Kier molecular flexibility index (Phi) is 19.2. The number of nitrogens with zero attached hydrogens (tertiary/aromatic N) is 2. The summed E-state index contributed by atoms with van der Waals surface area (Å²) in [6.45, 7) is 15.5. The largest absolute Gasteiger partial charge is 0.490 e. The molecule has 0 aliphatic carbocycles. The van der Waals surface area contributed by atoms with Crippen LogP contribution in [0.25, 0.3) is 11.0 Å². The predicted molar refractivity (Wildman–Crippen MR) is 236 cm³/mol. The molecule has 3 aromatic carbocycles. The number of para-hydroxylation sites is 1. The molecule has 4 rings (SSSR count). The molecule has 0 amide bonds. The van der Waals surface area contributed by atoms with E-state index in [1.807, 2.05) is 30.3 Å². The van der Waals surface area contributed by atoms with E-state index in [0.29, 0.717) is 46.6 Å². The number of ketones is 1. The van der Waals surface area contributed by atoms with Crippen LogP contribution in [0.15, 0.2) is 52.9 Å². The lowest BCUT2D eigenvalue weighted by molar-refractivity contribution is -0.140. The van der Waals surface area contributed by atoms with Crippen LogP contribution in [-0.2, 0) is 16.0 Å². The number of esters is 1. The molecule has 0 atom stereocenters. The number of hydrogen-bond acceptors (Lipinski definition) is 9. The van der Waals surface area contributed by atoms with E-state index >= 15 is 0 Å². The normalized spacial score (nSPS) is 11.1. The quantitative estimate of drug-likeness (QED) is 0.0444. The fourth-order valence-corrected chi connectivity index (χ4v) is 9.36. The van der Waals surface area contributed by atoms with E-state index in [9.17, 15) is 14.4 Å². The number of halogens is 5. The fraction of sp³-hybridized carbons (Fsp3) is 0.378. The Labute approximate surface area is 359 Å². The zero-order valence-electron chi connectivity index (χ0n) is 29.1. The summed E-state index contributed by atoms with van der Waals surface area (Å²) in [4.78, 5) is 41.2. The second-order valence-electron chi connectivity index (χ2n) is 11.0. The number of ether oxygens (including phenoxy) is 3. The van der Waals surface area contributed by atoms with Crippen molar-refractivity contribution >= 4 is 130 Å². The molecule has 4 aromatic rings. The van der Waals surface area contributed by atoms with Crippen LogP contribution in [0, 0.1) is 14.3 Å². The van der Waals surface area contributed by atoms with E-state index in [1.54, 1.807) is 18.2 Å². The number of methoxy groups -OCH3 is 1. The molecule has 0 spiro atoms. The summed E-state index contributed by atoms with van der Waals surface area (Å²) in [5.41, 5.74) is 1.99. The first-order chi connectivity index (χ1) is 24.4. The average Bonchev–Trinajstić information content (AvgIpc) is 3.47. The standard InChI is InChI=1S/C24H25I2NO5.C13H16ClI2NO2/c1-4-27(5-2)10-11-31-24-17(25)12-15(13-18(24)26)23(29)22-16-8-6-7-9-19(16)32-20(22)14-21(28)30-3;1-3-17(4-2)5-6-19-12-10(15)7-9(13(14)18)8-11(12)16/h6-9,12-13H,4-5,10-11,14H2,1-3H3;7-8H,3-6H2,1-2H3. The van der Waals surface area contributed by atoms with E-state index < -0.39 is 11.2 Å². The smallest absolute Gasteiger partial charge is 0.313 e. The van der Waals surface area contributed by atoms with Gasteiger partial charge in [0, 0.05) is 29.6 Å². The average molecular weight is 1170 g/mol. The van der Waals surface area contributed by atoms with Gasteiger partial charge < -0.3 is 28.4 Å². The van der Waals surface area contributed by atoms with Crippen molar-refractivity contribution in [2.75, 3.05) is 59.6 Å². The Bertz CT molecular complexity index is 1760. The van der Waals surface area contributed by atoms with Gasteiger partial charge in [0.1, 0.15) is 42.5 Å². The Balaban J connectivity index is 0.000000316. The first kappa shape index (κ1) is 44.1. The second-order valence-corrected chi connectivity index (χ2v) is 16.0. The monoisotopic (exact) mass is 1170 g/mol. The lowest BCUT2D eigenvalue weighted by atomic mass is 9.99. The van der Waals surface area contributed by atoms with Crippen LogP contribution < -0.4 is 9.47 Å². The van der Waals surface area contributed by atoms with E-state index in [-0.39, 0.29) is 12.2 Å². The van der Waals surface area contributed by atoms with Gasteiger partial charge in [0.05, 0.1) is 27.0 Å². The van der Waals surface area contributed by atoms with Crippen LogP contribution in [0.1, 0.15) is 59.7 Å². The van der Waals surface area contributed by atoms with Crippen LogP contribution in [0.2, 0.25) is 0 Å². The highest BCUT2D eigenvalue weighted by Gasteiger charge is 2.25. The van der Waals surface area contributed by atoms with E-state index in [2.05, 4.69) is 128 Å². The molecule has 0 saturated carbocycles. The molecule has 0 unspecified atom stereocenters. The summed E-state index contributed by atoms with van der Waals surface area (Å²) < 4.78 is 26.0. The molecule has 0 saturated heterocycles. The third-order valence-corrected chi connectivity index (χ3v) is 11.4. The van der Waals surface area contributed by atoms with Crippen molar-refractivity contribution in [3.05, 3.63) is 85.3 Å². The lowest BCUT2D eigenvalue weighted by Crippen LogP contribution is -2.28. The number of carbonyl (C=O) groups excluding carboxylic acids is 3. The predicted octanol–water partition coefficient (Wildman–Crippen LogP) is 9.30. The van der Waals surface area contributed by atoms with Gasteiger partial charge in [-0.1, -0.05) is 45.9 Å². The Morgan fingerprint density at radius 3 is 1.61 bits per heavy atom. The van der Waals surface area contributed by atoms with Gasteiger partial charge in [0.2, 0.25) is 0 Å². The molecular formula is C37H41ClI4N2O7. The topological polar surface area (TPSA) is 98.5 Å². The molecule has 14 heteroatoms. The van der Waals surface area contributed by atoms with Crippen molar-refractivity contribution in [1.29, 1.82) is 0 Å². The highest BCUT2D eigenvalue weighted by atomic mass is 127. The minimum absolute atomic E-state index is 0.104. The Morgan fingerprint density at radius 2 is 1.18 bits per heavy atom. The summed E-state index contributed by atoms with van der Waals surface area (Å²) >= 11 is 14.2. The van der Waals surface area contributed by atoms with Gasteiger partial charge in [-0.3, -0.25) is 14.4 Å². The number of benzene rings is 3. The molecular weight excluding hydrogens is 1130 g/mol. The van der Waals surface area contributed by atoms with Crippen LogP contribution in [0.5, 0.6) is 11.5 Å². The van der Waals surface area contributed by atoms with Gasteiger partial charge in [0.15, 0.2) is 5.78 Å². The Hall–Kier alpha value is -1.26. The van der Waals surface area contributed by atoms with Crippen LogP contribution in [-0.4, -0.2) is 86.4 Å². The first-order valence-electron chi connectivity index (χ1n) is 16.4. The van der Waals surface area contributed by atoms with E-state index in [4.69, 9.17) is 30.2 Å². The van der Waals surface area contributed by atoms with Crippen molar-refractivity contribution in [3.8, 4) is 11.5 Å². The first-order valence-corrected chi connectivity index (χ1v) is 21.1. The number of furan rings is 1. The highest BCUT2D eigenvalue weighted by molar-refractivity contribution is 14.1. The molecule has 0 N–H and O–H groups in total. The number of hydrogen-bond donors (Lipinski definition) is 0. The van der Waals surface area contributed by atoms with Crippen molar-refractivity contribution < 1.29 is 33.0 Å². The number of fused-ring (bicyclic) bond motifs is 1. The molecule has 0 fully saturated rings. The third-order valence-electron chi connectivity index (χ3n) is 8.01. The van der Waals surface area contributed by atoms with Crippen molar-refractivity contribution in [2.45, 2.75) is 34.1 Å². The molecule has 0 aliphatic rings. The summed E-state index contributed by atoms with van der Waals surface area (Å²) in [6.07, 6.45) is -0.104. The zero-order valence-corrected chi connectivity index (χ0v) is 38.5. The maximum atomic E-state index is 13.5. The van der Waals surface area contributed by atoms with Crippen LogP contribution in [0.3, 0.4) is 0 Å². The number of likely N-dealkylation sites (N-methyl/N-ethyl adjacent to an activating group) is 2. The molecule has 0 aliphatic heterocycles. The van der Waals surface area contributed by atoms with Crippen molar-refractivity contribution in [3.63, 3.8) is 0 Å². The van der Waals surface area contributed by atoms with E-state index in [0.717, 1.165) is 65.0 Å². The van der Waals surface area contributed by atoms with Crippen LogP contribution in [0.4, 0.5) is 0 Å². The number of rotatable bonds is 17. The summed E-state index contributed by atoms with van der Waals surface area (Å²) in [6, 6.07) is 14.4. The molecule has 1 aromatic heterocycles. The van der Waals surface area contributed by atoms with Gasteiger partial charge in [-0.15, -0.1) is 0 Å². The second kappa shape index (κ2) is 22.2. The molecule has 276 valence electrons. The minimum Gasteiger partial charge on any atom is -0.490 e. The third kappa shape index (κ3) is 12.7. The van der Waals surface area contributed by atoms with Gasteiger partial charge in [-0.2, -0.15) is 0 Å². The highest BCUT2D eigenvalue weighted by Crippen LogP contribution is 2.33. The maximum absolute atomic E-state index is 13.5. The van der Waals surface area contributed by atoms with Gasteiger partial charge in [0.25, 0.3) is 5.24 Å². The van der Waals surface area contributed by atoms with Crippen molar-refractivity contribution in [1.82, 2.24) is 9.80 Å². The summed E-state index contributed by atoms with van der Waals surface area (Å²) in [5, 5.41) is 0.242. The SMILES string of the molecule is CCN(CC)CCOc1c(I)cc(C(=O)Cl)cc1I.CCN(CC)CCOc1c(I)cc(C(=O)c2c(CC(=O)OC)oc3ccccc23)cc1I.